The molecule has 1 aromatic carbocycles. The summed E-state index contributed by atoms with van der Waals surface area (Å²) in [5.74, 6) is -2.25. The lowest BCUT2D eigenvalue weighted by molar-refractivity contribution is -0.114. The molecule has 0 saturated carbocycles. The molecule has 202 valence electrons. The number of pyridine rings is 1. The highest BCUT2D eigenvalue weighted by Crippen LogP contribution is 2.28. The molecular weight excluding hydrogens is 514 g/mol. The third kappa shape index (κ3) is 5.77. The molecule has 5 rings (SSSR count). The Labute approximate surface area is 221 Å². The largest absolute Gasteiger partial charge is 0.484 e. The molecular formula is C26H24F2N6O5. The summed E-state index contributed by atoms with van der Waals surface area (Å²) < 4.78 is 46.3. The van der Waals surface area contributed by atoms with Gasteiger partial charge in [-0.05, 0) is 24.3 Å². The smallest absolute Gasteiger partial charge is 0.257 e. The number of fused-ring (bicyclic) bond motifs is 1. The van der Waals surface area contributed by atoms with Gasteiger partial charge in [-0.3, -0.25) is 9.59 Å². The summed E-state index contributed by atoms with van der Waals surface area (Å²) in [4.78, 5) is 33.0. The van der Waals surface area contributed by atoms with Crippen LogP contribution in [0.5, 0.6) is 11.6 Å². The number of imidazole rings is 1. The van der Waals surface area contributed by atoms with Crippen molar-refractivity contribution in [3.63, 3.8) is 0 Å². The molecule has 13 heteroatoms. The van der Waals surface area contributed by atoms with Gasteiger partial charge in [0.05, 0.1) is 32.2 Å². The molecule has 4 aromatic rings. The predicted molar refractivity (Wildman–Crippen MR) is 134 cm³/mol. The number of carbonyl (C=O) groups excluding carboxylic acids is 2. The van der Waals surface area contributed by atoms with Crippen LogP contribution in [0.1, 0.15) is 29.3 Å². The minimum absolute atomic E-state index is 0.0536. The molecule has 0 spiro atoms. The Balaban J connectivity index is 1.38. The van der Waals surface area contributed by atoms with Crippen LogP contribution in [0.4, 0.5) is 14.6 Å². The molecule has 0 bridgehead atoms. The first-order valence-electron chi connectivity index (χ1n) is 12.0. The van der Waals surface area contributed by atoms with E-state index in [-0.39, 0.29) is 41.3 Å². The van der Waals surface area contributed by atoms with Crippen LogP contribution in [0.2, 0.25) is 0 Å². The van der Waals surface area contributed by atoms with Crippen LogP contribution >= 0.6 is 0 Å². The summed E-state index contributed by atoms with van der Waals surface area (Å²) >= 11 is 0. The Hall–Kier alpha value is -4.65. The lowest BCUT2D eigenvalue weighted by Gasteiger charge is -2.17. The van der Waals surface area contributed by atoms with Gasteiger partial charge < -0.3 is 24.8 Å². The average molecular weight is 539 g/mol. The lowest BCUT2D eigenvalue weighted by atomic mass is 10.1. The van der Waals surface area contributed by atoms with Gasteiger partial charge >= 0.3 is 0 Å². The van der Waals surface area contributed by atoms with Crippen LogP contribution < -0.4 is 20.1 Å². The Bertz CT molecular complexity index is 1550. The van der Waals surface area contributed by atoms with Gasteiger partial charge in [0.2, 0.25) is 11.8 Å². The van der Waals surface area contributed by atoms with Crippen molar-refractivity contribution < 1.29 is 32.6 Å². The maximum atomic E-state index is 14.6. The standard InChI is InChI=1S/C26H24F2N6O5/c1-14(35)31-22-12-34-23(32-22)4-3-21(33-34)15-8-19(26(37-2)30-10-15)25(36)29-11-16-7-17(27)9-20(28)24(16)39-18-5-6-38-13-18/h3-4,7-10,12,18H,5-6,11,13H2,1-2H3,(H,29,36)(H,31,35)/t18-/m1/s1. The number of aromatic nitrogens is 4. The number of ether oxygens (including phenoxy) is 3. The molecule has 1 atom stereocenters. The van der Waals surface area contributed by atoms with E-state index in [1.807, 2.05) is 0 Å². The van der Waals surface area contributed by atoms with Crippen molar-refractivity contribution in [1.29, 1.82) is 0 Å². The van der Waals surface area contributed by atoms with Gasteiger partial charge in [-0.2, -0.15) is 5.10 Å². The van der Waals surface area contributed by atoms with Gasteiger partial charge in [0.15, 0.2) is 23.0 Å². The van der Waals surface area contributed by atoms with E-state index in [0.29, 0.717) is 42.4 Å². The van der Waals surface area contributed by atoms with E-state index in [2.05, 4.69) is 25.7 Å². The Kier molecular flexibility index (Phi) is 7.32. The molecule has 39 heavy (non-hydrogen) atoms. The molecule has 1 saturated heterocycles. The summed E-state index contributed by atoms with van der Waals surface area (Å²) in [6.45, 7) is 1.95. The molecule has 0 radical (unpaired) electrons. The molecule has 1 aliphatic rings. The second-order valence-corrected chi connectivity index (χ2v) is 8.77. The van der Waals surface area contributed by atoms with E-state index in [9.17, 15) is 18.4 Å². The maximum absolute atomic E-state index is 14.6. The Morgan fingerprint density at radius 2 is 2.08 bits per heavy atom. The fraction of sp³-hybridized carbons (Fsp3) is 0.269. The number of rotatable bonds is 8. The van der Waals surface area contributed by atoms with Gasteiger partial charge in [-0.1, -0.05) is 0 Å². The fourth-order valence-electron chi connectivity index (χ4n) is 4.11. The van der Waals surface area contributed by atoms with Crippen molar-refractivity contribution in [2.75, 3.05) is 25.6 Å². The number of halogens is 2. The Morgan fingerprint density at radius 1 is 1.23 bits per heavy atom. The molecule has 11 nitrogen and oxygen atoms in total. The molecule has 1 aliphatic heterocycles. The average Bonchev–Trinajstić information content (AvgIpc) is 3.57. The van der Waals surface area contributed by atoms with E-state index in [1.165, 1.54) is 24.7 Å². The molecule has 3 aromatic heterocycles. The highest BCUT2D eigenvalue weighted by atomic mass is 19.1. The first-order chi connectivity index (χ1) is 18.8. The maximum Gasteiger partial charge on any atom is 0.257 e. The van der Waals surface area contributed by atoms with Crippen LogP contribution in [-0.4, -0.2) is 57.8 Å². The minimum atomic E-state index is -0.866. The number of methoxy groups -OCH3 is 1. The first-order valence-corrected chi connectivity index (χ1v) is 12.0. The lowest BCUT2D eigenvalue weighted by Crippen LogP contribution is -2.25. The molecule has 1 fully saturated rings. The Morgan fingerprint density at radius 3 is 2.82 bits per heavy atom. The fourth-order valence-corrected chi connectivity index (χ4v) is 4.11. The predicted octanol–water partition coefficient (Wildman–Crippen LogP) is 3.13. The molecule has 2 amide bonds. The monoisotopic (exact) mass is 538 g/mol. The topological polar surface area (TPSA) is 129 Å². The summed E-state index contributed by atoms with van der Waals surface area (Å²) in [5, 5.41) is 9.74. The molecule has 2 N–H and O–H groups in total. The van der Waals surface area contributed by atoms with Crippen LogP contribution in [0.25, 0.3) is 16.9 Å². The van der Waals surface area contributed by atoms with E-state index < -0.39 is 17.5 Å². The van der Waals surface area contributed by atoms with E-state index in [0.717, 1.165) is 12.1 Å². The van der Waals surface area contributed by atoms with E-state index in [4.69, 9.17) is 14.2 Å². The number of benzene rings is 1. The number of nitrogens with zero attached hydrogens (tertiary/aromatic N) is 4. The quantitative estimate of drug-likeness (QED) is 0.350. The number of hydrogen-bond donors (Lipinski definition) is 2. The summed E-state index contributed by atoms with van der Waals surface area (Å²) in [6.07, 6.45) is 3.26. The molecule has 4 heterocycles. The minimum Gasteiger partial charge on any atom is -0.484 e. The first kappa shape index (κ1) is 26.0. The summed E-state index contributed by atoms with van der Waals surface area (Å²) in [7, 11) is 1.37. The highest BCUT2D eigenvalue weighted by Gasteiger charge is 2.23. The number of anilines is 1. The van der Waals surface area contributed by atoms with Crippen molar-refractivity contribution >= 4 is 23.3 Å². The number of hydrogen-bond acceptors (Lipinski definition) is 8. The summed E-state index contributed by atoms with van der Waals surface area (Å²) in [5.41, 5.74) is 1.70. The molecule has 0 unspecified atom stereocenters. The van der Waals surface area contributed by atoms with E-state index in [1.54, 1.807) is 24.4 Å². The zero-order valence-corrected chi connectivity index (χ0v) is 21.0. The summed E-state index contributed by atoms with van der Waals surface area (Å²) in [6, 6.07) is 6.78. The number of amides is 2. The normalized spacial score (nSPS) is 14.8. The van der Waals surface area contributed by atoms with Crippen molar-refractivity contribution in [1.82, 2.24) is 24.9 Å². The van der Waals surface area contributed by atoms with Crippen molar-refractivity contribution in [2.45, 2.75) is 26.0 Å². The van der Waals surface area contributed by atoms with E-state index >= 15 is 0 Å². The van der Waals surface area contributed by atoms with Crippen molar-refractivity contribution in [2.24, 2.45) is 0 Å². The SMILES string of the molecule is COc1ncc(-c2ccc3nc(NC(C)=O)cn3n2)cc1C(=O)NCc1cc(F)cc(F)c1O[C@@H]1CCOC1. The second-order valence-electron chi connectivity index (χ2n) is 8.77. The van der Waals surface area contributed by atoms with Crippen molar-refractivity contribution in [3.8, 4) is 22.9 Å². The van der Waals surface area contributed by atoms with Gasteiger partial charge in [0, 0.05) is 43.3 Å². The third-order valence-electron chi connectivity index (χ3n) is 5.91. The number of carbonyl (C=O) groups is 2. The van der Waals surface area contributed by atoms with Crippen LogP contribution in [0.15, 0.2) is 42.7 Å². The van der Waals surface area contributed by atoms with Crippen LogP contribution in [0.3, 0.4) is 0 Å². The van der Waals surface area contributed by atoms with Gasteiger partial charge in [-0.25, -0.2) is 23.3 Å². The zero-order valence-electron chi connectivity index (χ0n) is 21.0. The van der Waals surface area contributed by atoms with Gasteiger partial charge in [-0.15, -0.1) is 0 Å². The van der Waals surface area contributed by atoms with Crippen LogP contribution in [-0.2, 0) is 16.1 Å². The van der Waals surface area contributed by atoms with Crippen molar-refractivity contribution in [3.05, 3.63) is 65.5 Å². The van der Waals surface area contributed by atoms with Crippen LogP contribution in [0, 0.1) is 11.6 Å². The second kappa shape index (κ2) is 11.0. The number of nitrogens with one attached hydrogen (secondary N) is 2. The zero-order chi connectivity index (χ0) is 27.5. The third-order valence-corrected chi connectivity index (χ3v) is 5.91. The van der Waals surface area contributed by atoms with Gasteiger partial charge in [0.1, 0.15) is 17.5 Å². The molecule has 0 aliphatic carbocycles. The van der Waals surface area contributed by atoms with Gasteiger partial charge in [0.25, 0.3) is 5.91 Å². The highest BCUT2D eigenvalue weighted by molar-refractivity contribution is 5.97.